The van der Waals surface area contributed by atoms with Gasteiger partial charge in [0.2, 0.25) is 5.91 Å². The fourth-order valence-electron chi connectivity index (χ4n) is 1.73. The quantitative estimate of drug-likeness (QED) is 0.916. The van der Waals surface area contributed by atoms with E-state index >= 15 is 0 Å². The summed E-state index contributed by atoms with van der Waals surface area (Å²) >= 11 is 7.60. The van der Waals surface area contributed by atoms with E-state index in [-0.39, 0.29) is 5.91 Å². The fraction of sp³-hybridized carbons (Fsp3) is 0.286. The van der Waals surface area contributed by atoms with Crippen LogP contribution in [0.1, 0.15) is 17.1 Å². The molecule has 1 heterocycles. The van der Waals surface area contributed by atoms with Crippen LogP contribution in [-0.2, 0) is 11.2 Å². The molecule has 0 atom stereocenters. The molecule has 6 heteroatoms. The van der Waals surface area contributed by atoms with Crippen molar-refractivity contribution in [2.45, 2.75) is 19.8 Å². The predicted octanol–water partition coefficient (Wildman–Crippen LogP) is 3.68. The molecule has 0 spiro atoms. The summed E-state index contributed by atoms with van der Waals surface area (Å²) in [5.41, 5.74) is 1.62. The average Bonchev–Trinajstić information content (AvgIpc) is 2.82. The van der Waals surface area contributed by atoms with E-state index in [0.717, 1.165) is 10.7 Å². The second-order valence-corrected chi connectivity index (χ2v) is 5.72. The topological polar surface area (TPSA) is 51.2 Å². The maximum absolute atomic E-state index is 11.8. The van der Waals surface area contributed by atoms with Crippen LogP contribution in [0, 0.1) is 6.92 Å². The van der Waals surface area contributed by atoms with Gasteiger partial charge in [0.05, 0.1) is 22.8 Å². The Balaban J connectivity index is 1.89. The highest BCUT2D eigenvalue weighted by Gasteiger charge is 2.07. The molecule has 1 N–H and O–H groups in total. The Morgan fingerprint density at radius 1 is 1.50 bits per heavy atom. The molecule has 1 aromatic carbocycles. The van der Waals surface area contributed by atoms with E-state index in [9.17, 15) is 4.79 Å². The van der Waals surface area contributed by atoms with E-state index in [1.54, 1.807) is 36.6 Å². The number of carbonyl (C=O) groups is 1. The van der Waals surface area contributed by atoms with E-state index in [2.05, 4.69) is 10.3 Å². The lowest BCUT2D eigenvalue weighted by Gasteiger charge is -2.07. The van der Waals surface area contributed by atoms with E-state index in [4.69, 9.17) is 16.3 Å². The van der Waals surface area contributed by atoms with Gasteiger partial charge in [-0.1, -0.05) is 11.6 Å². The molecule has 0 aliphatic heterocycles. The Morgan fingerprint density at radius 2 is 2.30 bits per heavy atom. The summed E-state index contributed by atoms with van der Waals surface area (Å²) in [6.07, 6.45) is 1.03. The highest BCUT2D eigenvalue weighted by molar-refractivity contribution is 7.09. The van der Waals surface area contributed by atoms with Crippen LogP contribution in [-0.4, -0.2) is 18.0 Å². The minimum atomic E-state index is -0.0584. The molecule has 4 nitrogen and oxygen atoms in total. The predicted molar refractivity (Wildman–Crippen MR) is 81.8 cm³/mol. The molecule has 1 aromatic heterocycles. The molecule has 2 rings (SSSR count). The molecule has 0 unspecified atom stereocenters. The summed E-state index contributed by atoms with van der Waals surface area (Å²) in [6, 6.07) is 5.16. The molecule has 2 aromatic rings. The van der Waals surface area contributed by atoms with Crippen molar-refractivity contribution < 1.29 is 9.53 Å². The molecular formula is C14H15ClN2O2S. The molecule has 20 heavy (non-hydrogen) atoms. The van der Waals surface area contributed by atoms with Gasteiger partial charge in [-0.15, -0.1) is 11.3 Å². The van der Waals surface area contributed by atoms with Crippen LogP contribution in [0.4, 0.5) is 5.69 Å². The maximum Gasteiger partial charge on any atom is 0.224 e. The normalized spacial score (nSPS) is 10.3. The first-order valence-corrected chi connectivity index (χ1v) is 7.38. The number of aryl methyl sites for hydroxylation is 2. The van der Waals surface area contributed by atoms with Gasteiger partial charge in [-0.25, -0.2) is 4.98 Å². The zero-order valence-electron chi connectivity index (χ0n) is 11.3. The number of ether oxygens (including phenoxy) is 1. The highest BCUT2D eigenvalue weighted by Crippen LogP contribution is 2.27. The summed E-state index contributed by atoms with van der Waals surface area (Å²) in [7, 11) is 1.55. The first kappa shape index (κ1) is 14.8. The van der Waals surface area contributed by atoms with Crippen LogP contribution in [0.2, 0.25) is 5.02 Å². The summed E-state index contributed by atoms with van der Waals surface area (Å²) in [4.78, 5) is 16.2. The lowest BCUT2D eigenvalue weighted by Crippen LogP contribution is -2.12. The van der Waals surface area contributed by atoms with Gasteiger partial charge < -0.3 is 10.1 Å². The van der Waals surface area contributed by atoms with E-state index in [1.807, 2.05) is 12.3 Å². The molecule has 106 valence electrons. The van der Waals surface area contributed by atoms with Crippen molar-refractivity contribution in [3.63, 3.8) is 0 Å². The monoisotopic (exact) mass is 310 g/mol. The number of amides is 1. The SMILES string of the molecule is COc1ccc(NC(=O)CCc2csc(C)n2)cc1Cl. The highest BCUT2D eigenvalue weighted by atomic mass is 35.5. The Kier molecular flexibility index (Phi) is 4.98. The molecule has 1 amide bonds. The first-order valence-electron chi connectivity index (χ1n) is 6.13. The number of hydrogen-bond donors (Lipinski definition) is 1. The molecule has 0 radical (unpaired) electrons. The number of thiazole rings is 1. The van der Waals surface area contributed by atoms with E-state index < -0.39 is 0 Å². The number of aromatic nitrogens is 1. The van der Waals surface area contributed by atoms with E-state index in [1.165, 1.54) is 0 Å². The second kappa shape index (κ2) is 6.72. The number of nitrogens with one attached hydrogen (secondary N) is 1. The fourth-order valence-corrected chi connectivity index (χ4v) is 2.64. The zero-order chi connectivity index (χ0) is 14.5. The minimum Gasteiger partial charge on any atom is -0.495 e. The van der Waals surface area contributed by atoms with Crippen molar-refractivity contribution >= 4 is 34.5 Å². The Morgan fingerprint density at radius 3 is 2.90 bits per heavy atom. The van der Waals surface area contributed by atoms with Gasteiger partial charge in [-0.3, -0.25) is 4.79 Å². The molecule has 0 bridgehead atoms. The largest absolute Gasteiger partial charge is 0.495 e. The van der Waals surface area contributed by atoms with Crippen molar-refractivity contribution in [2.24, 2.45) is 0 Å². The molecule has 0 saturated heterocycles. The number of rotatable bonds is 5. The lowest BCUT2D eigenvalue weighted by molar-refractivity contribution is -0.116. The standard InChI is InChI=1S/C14H15ClN2O2S/c1-9-16-11(8-20-9)4-6-14(18)17-10-3-5-13(19-2)12(15)7-10/h3,5,7-8H,4,6H2,1-2H3,(H,17,18). The molecule has 0 aliphatic carbocycles. The Hall–Kier alpha value is -1.59. The summed E-state index contributed by atoms with van der Waals surface area (Å²) in [5, 5.41) is 6.28. The van der Waals surface area contributed by atoms with Crippen molar-refractivity contribution in [2.75, 3.05) is 12.4 Å². The third-order valence-electron chi connectivity index (χ3n) is 2.71. The van der Waals surface area contributed by atoms with Gasteiger partial charge >= 0.3 is 0 Å². The van der Waals surface area contributed by atoms with Gasteiger partial charge in [-0.2, -0.15) is 0 Å². The van der Waals surface area contributed by atoms with Crippen LogP contribution < -0.4 is 10.1 Å². The second-order valence-electron chi connectivity index (χ2n) is 4.26. The van der Waals surface area contributed by atoms with Gasteiger partial charge in [0.25, 0.3) is 0 Å². The van der Waals surface area contributed by atoms with Crippen LogP contribution in [0.25, 0.3) is 0 Å². The van der Waals surface area contributed by atoms with Gasteiger partial charge in [-0.05, 0) is 31.5 Å². The number of methoxy groups -OCH3 is 1. The summed E-state index contributed by atoms with van der Waals surface area (Å²) < 4.78 is 5.06. The van der Waals surface area contributed by atoms with Crippen LogP contribution >= 0.6 is 22.9 Å². The number of hydrogen-bond acceptors (Lipinski definition) is 4. The number of halogens is 1. The van der Waals surface area contributed by atoms with Crippen molar-refractivity contribution in [3.05, 3.63) is 39.3 Å². The molecular weight excluding hydrogens is 296 g/mol. The summed E-state index contributed by atoms with van der Waals surface area (Å²) in [6.45, 7) is 1.95. The van der Waals surface area contributed by atoms with Crippen LogP contribution in [0.5, 0.6) is 5.75 Å². The minimum absolute atomic E-state index is 0.0584. The zero-order valence-corrected chi connectivity index (χ0v) is 12.8. The van der Waals surface area contributed by atoms with Gasteiger partial charge in [0, 0.05) is 17.5 Å². The van der Waals surface area contributed by atoms with Crippen LogP contribution in [0.3, 0.4) is 0 Å². The average molecular weight is 311 g/mol. The van der Waals surface area contributed by atoms with Crippen molar-refractivity contribution in [1.29, 1.82) is 0 Å². The van der Waals surface area contributed by atoms with Crippen LogP contribution in [0.15, 0.2) is 23.6 Å². The number of benzene rings is 1. The first-order chi connectivity index (χ1) is 9.58. The number of carbonyl (C=O) groups excluding carboxylic acids is 1. The van der Waals surface area contributed by atoms with Gasteiger partial charge in [0.1, 0.15) is 5.75 Å². The van der Waals surface area contributed by atoms with Crippen molar-refractivity contribution in [3.8, 4) is 5.75 Å². The molecule has 0 saturated carbocycles. The van der Waals surface area contributed by atoms with Crippen molar-refractivity contribution in [1.82, 2.24) is 4.98 Å². The Labute approximate surface area is 126 Å². The number of nitrogens with zero attached hydrogens (tertiary/aromatic N) is 1. The lowest BCUT2D eigenvalue weighted by atomic mass is 10.2. The molecule has 0 fully saturated rings. The smallest absolute Gasteiger partial charge is 0.224 e. The Bertz CT molecular complexity index is 613. The maximum atomic E-state index is 11.8. The van der Waals surface area contributed by atoms with Gasteiger partial charge in [0.15, 0.2) is 0 Å². The number of anilines is 1. The third kappa shape index (κ3) is 3.95. The van der Waals surface area contributed by atoms with E-state index in [0.29, 0.717) is 29.3 Å². The summed E-state index contributed by atoms with van der Waals surface area (Å²) in [5.74, 6) is 0.527. The molecule has 0 aliphatic rings. The third-order valence-corrected chi connectivity index (χ3v) is 3.83.